The molecule has 6 heteroatoms. The third-order valence-electron chi connectivity index (χ3n) is 4.24. The van der Waals surface area contributed by atoms with Crippen molar-refractivity contribution in [1.82, 2.24) is 9.88 Å². The molecule has 1 aliphatic heterocycles. The predicted octanol–water partition coefficient (Wildman–Crippen LogP) is 1.44. The first kappa shape index (κ1) is 14.6. The number of carbonyl (C=O) groups excluding carboxylic acids is 2. The number of carbonyl (C=O) groups is 2. The Morgan fingerprint density at radius 1 is 1.45 bits per heavy atom. The molecule has 1 aromatic carbocycles. The van der Waals surface area contributed by atoms with Crippen molar-refractivity contribution in [3.05, 3.63) is 35.5 Å². The van der Waals surface area contributed by atoms with Gasteiger partial charge in [0.2, 0.25) is 11.8 Å². The van der Waals surface area contributed by atoms with Gasteiger partial charge in [-0.1, -0.05) is 12.1 Å². The van der Waals surface area contributed by atoms with E-state index in [0.717, 1.165) is 22.0 Å². The summed E-state index contributed by atoms with van der Waals surface area (Å²) in [6.45, 7) is 1.91. The number of benzene rings is 1. The minimum absolute atomic E-state index is 0.00597. The fourth-order valence-corrected chi connectivity index (χ4v) is 3.19. The molecule has 2 aromatic rings. The van der Waals surface area contributed by atoms with Crippen molar-refractivity contribution >= 4 is 22.7 Å². The summed E-state index contributed by atoms with van der Waals surface area (Å²) >= 11 is 0. The molecule has 1 fully saturated rings. The predicted molar refractivity (Wildman–Crippen MR) is 80.9 cm³/mol. The van der Waals surface area contributed by atoms with Crippen LogP contribution < -0.4 is 5.73 Å². The maximum Gasteiger partial charge on any atom is 0.240 e. The molecule has 3 N–H and O–H groups in total. The fourth-order valence-electron chi connectivity index (χ4n) is 3.19. The SMILES string of the molecule is Cc1cccc2[nH]cc(CC(=O)N3C[C@H](F)C[C@H]3C(N)=O)c12. The van der Waals surface area contributed by atoms with Crippen molar-refractivity contribution in [1.29, 1.82) is 0 Å². The lowest BCUT2D eigenvalue weighted by Gasteiger charge is -2.21. The maximum atomic E-state index is 13.5. The number of nitrogens with zero attached hydrogens (tertiary/aromatic N) is 1. The van der Waals surface area contributed by atoms with E-state index in [9.17, 15) is 14.0 Å². The zero-order valence-corrected chi connectivity index (χ0v) is 12.3. The average molecular weight is 303 g/mol. The second-order valence-electron chi connectivity index (χ2n) is 5.79. The zero-order chi connectivity index (χ0) is 15.9. The number of likely N-dealkylation sites (tertiary alicyclic amines) is 1. The van der Waals surface area contributed by atoms with Crippen molar-refractivity contribution in [3.63, 3.8) is 0 Å². The van der Waals surface area contributed by atoms with E-state index in [0.29, 0.717) is 0 Å². The van der Waals surface area contributed by atoms with E-state index in [1.54, 1.807) is 6.20 Å². The van der Waals surface area contributed by atoms with E-state index < -0.39 is 18.1 Å². The highest BCUT2D eigenvalue weighted by molar-refractivity contribution is 5.93. The van der Waals surface area contributed by atoms with Gasteiger partial charge in [-0.15, -0.1) is 0 Å². The molecule has 5 nitrogen and oxygen atoms in total. The van der Waals surface area contributed by atoms with Gasteiger partial charge in [-0.3, -0.25) is 9.59 Å². The monoisotopic (exact) mass is 303 g/mol. The summed E-state index contributed by atoms with van der Waals surface area (Å²) in [5.41, 5.74) is 8.15. The normalized spacial score (nSPS) is 21.5. The molecule has 1 aromatic heterocycles. The quantitative estimate of drug-likeness (QED) is 0.900. The molecular weight excluding hydrogens is 285 g/mol. The molecule has 1 aliphatic rings. The van der Waals surface area contributed by atoms with Crippen LogP contribution in [0.25, 0.3) is 10.9 Å². The first-order valence-corrected chi connectivity index (χ1v) is 7.26. The Morgan fingerprint density at radius 2 is 2.23 bits per heavy atom. The smallest absolute Gasteiger partial charge is 0.240 e. The molecule has 0 spiro atoms. The Hall–Kier alpha value is -2.37. The van der Waals surface area contributed by atoms with E-state index in [-0.39, 0.29) is 25.3 Å². The van der Waals surface area contributed by atoms with E-state index in [4.69, 9.17) is 5.73 Å². The lowest BCUT2D eigenvalue weighted by molar-refractivity contribution is -0.136. The summed E-state index contributed by atoms with van der Waals surface area (Å²) in [5, 5.41) is 1.00. The zero-order valence-electron chi connectivity index (χ0n) is 12.3. The fraction of sp³-hybridized carbons (Fsp3) is 0.375. The van der Waals surface area contributed by atoms with Crippen molar-refractivity contribution in [2.24, 2.45) is 5.73 Å². The van der Waals surface area contributed by atoms with Gasteiger partial charge in [0.15, 0.2) is 0 Å². The number of aryl methyl sites for hydroxylation is 1. The lowest BCUT2D eigenvalue weighted by Crippen LogP contribution is -2.44. The number of fused-ring (bicyclic) bond motifs is 1. The van der Waals surface area contributed by atoms with E-state index >= 15 is 0 Å². The van der Waals surface area contributed by atoms with Gasteiger partial charge in [-0.25, -0.2) is 4.39 Å². The van der Waals surface area contributed by atoms with Crippen LogP contribution in [-0.4, -0.2) is 40.5 Å². The van der Waals surface area contributed by atoms with Crippen LogP contribution in [0.2, 0.25) is 0 Å². The molecule has 0 aliphatic carbocycles. The number of amides is 2. The summed E-state index contributed by atoms with van der Waals surface area (Å²) < 4.78 is 13.5. The number of halogens is 1. The van der Waals surface area contributed by atoms with Gasteiger partial charge in [0.1, 0.15) is 12.2 Å². The third-order valence-corrected chi connectivity index (χ3v) is 4.24. The van der Waals surface area contributed by atoms with Crippen LogP contribution in [0.1, 0.15) is 17.5 Å². The van der Waals surface area contributed by atoms with Crippen LogP contribution in [-0.2, 0) is 16.0 Å². The van der Waals surface area contributed by atoms with Gasteiger partial charge in [0.25, 0.3) is 0 Å². The summed E-state index contributed by atoms with van der Waals surface area (Å²) in [4.78, 5) is 28.3. The van der Waals surface area contributed by atoms with Gasteiger partial charge < -0.3 is 15.6 Å². The average Bonchev–Trinajstić information content (AvgIpc) is 3.04. The highest BCUT2D eigenvalue weighted by Crippen LogP contribution is 2.25. The standard InChI is InChI=1S/C16H18FN3O2/c1-9-3-2-4-12-15(9)10(7-19-12)5-14(21)20-8-11(17)6-13(20)16(18)22/h2-4,7,11,13,19H,5-6,8H2,1H3,(H2,18,22)/t11-,13+/m1/s1. The molecule has 1 saturated heterocycles. The minimum atomic E-state index is -1.19. The van der Waals surface area contributed by atoms with Crippen LogP contribution in [0.3, 0.4) is 0 Å². The van der Waals surface area contributed by atoms with E-state index in [1.165, 1.54) is 4.90 Å². The summed E-state index contributed by atoms with van der Waals surface area (Å²) in [6, 6.07) is 5.02. The number of rotatable bonds is 3. The molecule has 0 bridgehead atoms. The van der Waals surface area contributed by atoms with Gasteiger partial charge in [0.05, 0.1) is 13.0 Å². The maximum absolute atomic E-state index is 13.5. The van der Waals surface area contributed by atoms with Crippen LogP contribution in [0.15, 0.2) is 24.4 Å². The van der Waals surface area contributed by atoms with E-state index in [2.05, 4.69) is 4.98 Å². The van der Waals surface area contributed by atoms with Crippen LogP contribution in [0.5, 0.6) is 0 Å². The number of primary amides is 1. The summed E-state index contributed by atoms with van der Waals surface area (Å²) in [5.74, 6) is -0.920. The number of hydrogen-bond donors (Lipinski definition) is 2. The van der Waals surface area contributed by atoms with Gasteiger partial charge >= 0.3 is 0 Å². The van der Waals surface area contributed by atoms with Crippen LogP contribution >= 0.6 is 0 Å². The molecule has 2 amide bonds. The molecular formula is C16H18FN3O2. The Labute approximate surface area is 127 Å². The molecule has 0 unspecified atom stereocenters. The number of aromatic nitrogens is 1. The number of H-pyrrole nitrogens is 1. The number of nitrogens with one attached hydrogen (secondary N) is 1. The number of alkyl halides is 1. The molecule has 3 rings (SSSR count). The van der Waals surface area contributed by atoms with E-state index in [1.807, 2.05) is 25.1 Å². The Morgan fingerprint density at radius 3 is 2.95 bits per heavy atom. The molecule has 0 radical (unpaired) electrons. The largest absolute Gasteiger partial charge is 0.368 e. The second kappa shape index (κ2) is 5.44. The van der Waals surface area contributed by atoms with Crippen LogP contribution in [0, 0.1) is 6.92 Å². The summed E-state index contributed by atoms with van der Waals surface area (Å²) in [7, 11) is 0. The number of aromatic amines is 1. The van der Waals surface area contributed by atoms with Crippen molar-refractivity contribution in [3.8, 4) is 0 Å². The van der Waals surface area contributed by atoms with Gasteiger partial charge in [0, 0.05) is 23.5 Å². The van der Waals surface area contributed by atoms with Gasteiger partial charge in [-0.05, 0) is 24.1 Å². The second-order valence-corrected chi connectivity index (χ2v) is 5.79. The molecule has 116 valence electrons. The first-order valence-electron chi connectivity index (χ1n) is 7.26. The molecule has 22 heavy (non-hydrogen) atoms. The van der Waals surface area contributed by atoms with Crippen LogP contribution in [0.4, 0.5) is 4.39 Å². The number of nitrogens with two attached hydrogens (primary N) is 1. The first-order chi connectivity index (χ1) is 10.5. The molecule has 2 atom stereocenters. The molecule has 0 saturated carbocycles. The highest BCUT2D eigenvalue weighted by Gasteiger charge is 2.38. The highest BCUT2D eigenvalue weighted by atomic mass is 19.1. The minimum Gasteiger partial charge on any atom is -0.368 e. The van der Waals surface area contributed by atoms with Crippen molar-refractivity contribution in [2.45, 2.75) is 32.0 Å². The molecule has 2 heterocycles. The Balaban J connectivity index is 1.85. The Bertz CT molecular complexity index is 740. The number of hydrogen-bond acceptors (Lipinski definition) is 2. The van der Waals surface area contributed by atoms with Crippen molar-refractivity contribution in [2.75, 3.05) is 6.54 Å². The summed E-state index contributed by atoms with van der Waals surface area (Å²) in [6.07, 6.45) is 0.721. The topological polar surface area (TPSA) is 79.2 Å². The third kappa shape index (κ3) is 2.45. The van der Waals surface area contributed by atoms with Crippen molar-refractivity contribution < 1.29 is 14.0 Å². The lowest BCUT2D eigenvalue weighted by atomic mass is 10.0. The Kier molecular flexibility index (Phi) is 3.60. The van der Waals surface area contributed by atoms with Gasteiger partial charge in [-0.2, -0.15) is 0 Å².